The summed E-state index contributed by atoms with van der Waals surface area (Å²) in [6.45, 7) is 3.75. The van der Waals surface area contributed by atoms with Gasteiger partial charge in [-0.2, -0.15) is 0 Å². The molecule has 1 unspecified atom stereocenters. The normalized spacial score (nSPS) is 39.0. The van der Waals surface area contributed by atoms with Gasteiger partial charge in [0, 0.05) is 11.8 Å². The first-order chi connectivity index (χ1) is 6.79. The summed E-state index contributed by atoms with van der Waals surface area (Å²) in [7, 11) is 0. The van der Waals surface area contributed by atoms with Crippen LogP contribution in [0.5, 0.6) is 0 Å². The number of furan rings is 1. The molecule has 1 saturated carbocycles. The summed E-state index contributed by atoms with van der Waals surface area (Å²) in [5.41, 5.74) is -0.512. The van der Waals surface area contributed by atoms with E-state index in [4.69, 9.17) is 9.15 Å². The van der Waals surface area contributed by atoms with Gasteiger partial charge in [-0.3, -0.25) is 4.79 Å². The topological polar surface area (TPSA) is 39.4 Å². The molecule has 0 bridgehead atoms. The van der Waals surface area contributed by atoms with Crippen LogP contribution < -0.4 is 0 Å². The van der Waals surface area contributed by atoms with E-state index in [0.717, 1.165) is 5.76 Å². The van der Waals surface area contributed by atoms with Crippen LogP contribution >= 0.6 is 0 Å². The SMILES string of the molecule is C=C[C@@H]1C2CC(=O)O[C@]21c1ccco1. The van der Waals surface area contributed by atoms with Gasteiger partial charge in [0.1, 0.15) is 5.76 Å². The maximum Gasteiger partial charge on any atom is 0.307 e. The van der Waals surface area contributed by atoms with Crippen molar-refractivity contribution in [3.8, 4) is 0 Å². The van der Waals surface area contributed by atoms with Crippen LogP contribution in [-0.2, 0) is 15.1 Å². The molecule has 0 amide bonds. The molecular weight excluding hydrogens is 180 g/mol. The number of hydrogen-bond donors (Lipinski definition) is 0. The predicted molar refractivity (Wildman–Crippen MR) is 48.3 cm³/mol. The van der Waals surface area contributed by atoms with Crippen LogP contribution in [0.15, 0.2) is 35.5 Å². The molecule has 2 fully saturated rings. The third-order valence-electron chi connectivity index (χ3n) is 3.20. The first kappa shape index (κ1) is 7.85. The minimum Gasteiger partial charge on any atom is -0.465 e. The molecule has 2 aliphatic rings. The molecule has 3 atom stereocenters. The maximum absolute atomic E-state index is 11.1. The summed E-state index contributed by atoms with van der Waals surface area (Å²) < 4.78 is 10.7. The van der Waals surface area contributed by atoms with Gasteiger partial charge in [-0.1, -0.05) is 6.08 Å². The molecule has 0 aromatic carbocycles. The highest BCUT2D eigenvalue weighted by molar-refractivity contribution is 5.76. The summed E-state index contributed by atoms with van der Waals surface area (Å²) in [5, 5.41) is 0. The van der Waals surface area contributed by atoms with E-state index in [1.165, 1.54) is 0 Å². The molecule has 14 heavy (non-hydrogen) atoms. The van der Waals surface area contributed by atoms with Gasteiger partial charge in [0.25, 0.3) is 0 Å². The van der Waals surface area contributed by atoms with Gasteiger partial charge in [0.2, 0.25) is 0 Å². The van der Waals surface area contributed by atoms with Gasteiger partial charge in [0.15, 0.2) is 5.60 Å². The first-order valence-electron chi connectivity index (χ1n) is 4.67. The summed E-state index contributed by atoms with van der Waals surface area (Å²) in [4.78, 5) is 11.1. The highest BCUT2D eigenvalue weighted by Gasteiger charge is 2.73. The predicted octanol–water partition coefficient (Wildman–Crippen LogP) is 1.85. The Hall–Kier alpha value is -1.51. The molecular formula is C11H10O3. The molecule has 1 aliphatic carbocycles. The fourth-order valence-corrected chi connectivity index (χ4v) is 2.53. The number of hydrogen-bond acceptors (Lipinski definition) is 3. The quantitative estimate of drug-likeness (QED) is 0.527. The summed E-state index contributed by atoms with van der Waals surface area (Å²) in [5.74, 6) is 1.08. The minimum absolute atomic E-state index is 0.135. The van der Waals surface area contributed by atoms with E-state index in [9.17, 15) is 4.79 Å². The monoisotopic (exact) mass is 190 g/mol. The zero-order valence-corrected chi connectivity index (χ0v) is 7.60. The van der Waals surface area contributed by atoms with Crippen LogP contribution in [0.1, 0.15) is 12.2 Å². The molecule has 1 aromatic heterocycles. The second kappa shape index (κ2) is 2.29. The molecule has 0 radical (unpaired) electrons. The minimum atomic E-state index is -0.512. The highest BCUT2D eigenvalue weighted by atomic mass is 16.6. The summed E-state index contributed by atoms with van der Waals surface area (Å²) in [6.07, 6.45) is 3.93. The number of fused-ring (bicyclic) bond motifs is 1. The van der Waals surface area contributed by atoms with Crippen molar-refractivity contribution < 1.29 is 13.9 Å². The number of rotatable bonds is 2. The molecule has 1 aliphatic heterocycles. The zero-order valence-electron chi connectivity index (χ0n) is 7.60. The molecule has 0 N–H and O–H groups in total. The van der Waals surface area contributed by atoms with Crippen molar-refractivity contribution >= 4 is 5.97 Å². The van der Waals surface area contributed by atoms with Crippen molar-refractivity contribution in [3.05, 3.63) is 36.8 Å². The van der Waals surface area contributed by atoms with E-state index in [0.29, 0.717) is 6.42 Å². The Morgan fingerprint density at radius 3 is 3.14 bits per heavy atom. The number of esters is 1. The standard InChI is InChI=1S/C11H10O3/c1-2-7-8-6-10(12)14-11(7,8)9-4-3-5-13-9/h2-5,7-8H,1,6H2/t7-,8?,11+/m1/s1. The van der Waals surface area contributed by atoms with Crippen molar-refractivity contribution in [2.75, 3.05) is 0 Å². The maximum atomic E-state index is 11.1. The van der Waals surface area contributed by atoms with E-state index >= 15 is 0 Å². The Kier molecular flexibility index (Phi) is 1.29. The molecule has 0 spiro atoms. The lowest BCUT2D eigenvalue weighted by Crippen LogP contribution is -2.14. The third-order valence-corrected chi connectivity index (χ3v) is 3.20. The lowest BCUT2D eigenvalue weighted by atomic mass is 10.2. The smallest absolute Gasteiger partial charge is 0.307 e. The fraction of sp³-hybridized carbons (Fsp3) is 0.364. The molecule has 1 aromatic rings. The van der Waals surface area contributed by atoms with Crippen LogP contribution in [0, 0.1) is 11.8 Å². The second-order valence-electron chi connectivity index (χ2n) is 3.82. The van der Waals surface area contributed by atoms with Crippen molar-refractivity contribution in [1.82, 2.24) is 0 Å². The number of carbonyl (C=O) groups excluding carboxylic acids is 1. The van der Waals surface area contributed by atoms with E-state index in [1.807, 2.05) is 18.2 Å². The zero-order chi connectivity index (χ0) is 9.76. The molecule has 72 valence electrons. The van der Waals surface area contributed by atoms with Crippen molar-refractivity contribution in [3.63, 3.8) is 0 Å². The van der Waals surface area contributed by atoms with Crippen LogP contribution in [0.2, 0.25) is 0 Å². The van der Waals surface area contributed by atoms with Gasteiger partial charge in [-0.05, 0) is 12.1 Å². The van der Waals surface area contributed by atoms with E-state index in [1.54, 1.807) is 6.26 Å². The Labute approximate surface area is 81.4 Å². The fourth-order valence-electron chi connectivity index (χ4n) is 2.53. The summed E-state index contributed by atoms with van der Waals surface area (Å²) >= 11 is 0. The molecule has 3 rings (SSSR count). The lowest BCUT2D eigenvalue weighted by molar-refractivity contribution is -0.147. The van der Waals surface area contributed by atoms with Gasteiger partial charge >= 0.3 is 5.97 Å². The van der Waals surface area contributed by atoms with Crippen LogP contribution in [0.4, 0.5) is 0 Å². The lowest BCUT2D eigenvalue weighted by Gasteiger charge is -2.11. The second-order valence-corrected chi connectivity index (χ2v) is 3.82. The van der Waals surface area contributed by atoms with E-state index in [-0.39, 0.29) is 17.8 Å². The average Bonchev–Trinajstić information content (AvgIpc) is 2.65. The Bertz CT molecular complexity index is 393. The van der Waals surface area contributed by atoms with Crippen molar-refractivity contribution in [2.24, 2.45) is 11.8 Å². The Balaban J connectivity index is 2.03. The summed E-state index contributed by atoms with van der Waals surface area (Å²) in [6, 6.07) is 3.67. The largest absolute Gasteiger partial charge is 0.465 e. The van der Waals surface area contributed by atoms with E-state index in [2.05, 4.69) is 6.58 Å². The van der Waals surface area contributed by atoms with Crippen LogP contribution in [-0.4, -0.2) is 5.97 Å². The molecule has 1 saturated heterocycles. The molecule has 3 heteroatoms. The number of carbonyl (C=O) groups is 1. The van der Waals surface area contributed by atoms with Gasteiger partial charge < -0.3 is 9.15 Å². The van der Waals surface area contributed by atoms with Crippen LogP contribution in [0.25, 0.3) is 0 Å². The highest BCUT2D eigenvalue weighted by Crippen LogP contribution is 2.66. The van der Waals surface area contributed by atoms with Crippen LogP contribution in [0.3, 0.4) is 0 Å². The first-order valence-corrected chi connectivity index (χ1v) is 4.67. The molecule has 3 nitrogen and oxygen atoms in total. The molecule has 2 heterocycles. The van der Waals surface area contributed by atoms with Gasteiger partial charge in [0.05, 0.1) is 12.7 Å². The number of ether oxygens (including phenoxy) is 1. The average molecular weight is 190 g/mol. The third kappa shape index (κ3) is 0.710. The Morgan fingerprint density at radius 2 is 2.50 bits per heavy atom. The van der Waals surface area contributed by atoms with E-state index < -0.39 is 5.60 Å². The van der Waals surface area contributed by atoms with Gasteiger partial charge in [-0.15, -0.1) is 6.58 Å². The Morgan fingerprint density at radius 1 is 1.64 bits per heavy atom. The van der Waals surface area contributed by atoms with Crippen molar-refractivity contribution in [1.29, 1.82) is 0 Å². The van der Waals surface area contributed by atoms with Gasteiger partial charge in [-0.25, -0.2) is 0 Å². The van der Waals surface area contributed by atoms with Crippen molar-refractivity contribution in [2.45, 2.75) is 12.0 Å².